The molecule has 30 heavy (non-hydrogen) atoms. The fourth-order valence-corrected chi connectivity index (χ4v) is 3.33. The summed E-state index contributed by atoms with van der Waals surface area (Å²) in [4.78, 5) is 27.9. The predicted octanol–water partition coefficient (Wildman–Crippen LogP) is 2.55. The van der Waals surface area contributed by atoms with Crippen LogP contribution in [0.2, 0.25) is 0 Å². The largest absolute Gasteiger partial charge is 0.459 e. The molecule has 0 aliphatic rings. The average molecular weight is 436 g/mol. The predicted molar refractivity (Wildman–Crippen MR) is 109 cm³/mol. The van der Waals surface area contributed by atoms with Crippen LogP contribution in [0.4, 0.5) is 5.69 Å². The van der Waals surface area contributed by atoms with Crippen LogP contribution < -0.4 is 10.0 Å². The summed E-state index contributed by atoms with van der Waals surface area (Å²) in [5.74, 6) is -1.07. The number of ether oxygens (including phenoxy) is 1. The lowest BCUT2D eigenvalue weighted by atomic mass is 10.1. The number of hydrogen-bond donors (Lipinski definition) is 3. The van der Waals surface area contributed by atoms with Crippen molar-refractivity contribution in [3.63, 3.8) is 0 Å². The van der Waals surface area contributed by atoms with E-state index in [2.05, 4.69) is 14.9 Å². The fourth-order valence-electron chi connectivity index (χ4n) is 2.36. The number of sulfonamides is 1. The van der Waals surface area contributed by atoms with Crippen LogP contribution in [0.25, 0.3) is 0 Å². The maximum Gasteiger partial charge on any atom is 0.321 e. The standard InChI is InChI=1S/C20H24N2O7S/c1-20(2,3)29-18(23)12-21-30(26,27)17-10-8-16(9-11-17)22-19(24)15-6-4-14(5-7-15)13-28-25/h4-11,21,25H,12-13H2,1-3H3,(H,22,24). The van der Waals surface area contributed by atoms with Gasteiger partial charge in [0, 0.05) is 11.3 Å². The number of amides is 1. The van der Waals surface area contributed by atoms with Gasteiger partial charge >= 0.3 is 5.97 Å². The van der Waals surface area contributed by atoms with Gasteiger partial charge in [0.1, 0.15) is 18.8 Å². The van der Waals surface area contributed by atoms with Crippen molar-refractivity contribution in [3.8, 4) is 0 Å². The van der Waals surface area contributed by atoms with Gasteiger partial charge in [0.05, 0.1) is 4.90 Å². The van der Waals surface area contributed by atoms with Crippen molar-refractivity contribution >= 4 is 27.6 Å². The molecule has 10 heteroatoms. The highest BCUT2D eigenvalue weighted by atomic mass is 32.2. The molecular weight excluding hydrogens is 412 g/mol. The van der Waals surface area contributed by atoms with E-state index in [1.54, 1.807) is 45.0 Å². The number of hydrogen-bond acceptors (Lipinski definition) is 7. The van der Waals surface area contributed by atoms with Crippen LogP contribution in [0.15, 0.2) is 53.4 Å². The van der Waals surface area contributed by atoms with Gasteiger partial charge in [-0.2, -0.15) is 4.72 Å². The second-order valence-corrected chi connectivity index (χ2v) is 9.13. The molecule has 0 spiro atoms. The highest BCUT2D eigenvalue weighted by Crippen LogP contribution is 2.16. The maximum atomic E-state index is 12.3. The van der Waals surface area contributed by atoms with Gasteiger partial charge in [0.2, 0.25) is 10.0 Å². The van der Waals surface area contributed by atoms with Gasteiger partial charge in [-0.15, -0.1) is 0 Å². The monoisotopic (exact) mass is 436 g/mol. The van der Waals surface area contributed by atoms with E-state index in [4.69, 9.17) is 9.99 Å². The second-order valence-electron chi connectivity index (χ2n) is 7.36. The van der Waals surface area contributed by atoms with E-state index in [-0.39, 0.29) is 17.4 Å². The Labute approximate surface area is 175 Å². The number of anilines is 1. The first-order chi connectivity index (χ1) is 14.0. The van der Waals surface area contributed by atoms with Crippen molar-refractivity contribution in [2.24, 2.45) is 0 Å². The van der Waals surface area contributed by atoms with Crippen LogP contribution in [-0.4, -0.2) is 37.7 Å². The summed E-state index contributed by atoms with van der Waals surface area (Å²) in [5.41, 5.74) is 0.763. The zero-order valence-electron chi connectivity index (χ0n) is 16.8. The zero-order chi connectivity index (χ0) is 22.4. The van der Waals surface area contributed by atoms with E-state index in [1.807, 2.05) is 0 Å². The van der Waals surface area contributed by atoms with Gasteiger partial charge in [-0.25, -0.2) is 13.3 Å². The molecular formula is C20H24N2O7S. The van der Waals surface area contributed by atoms with Gasteiger partial charge in [-0.3, -0.25) is 14.8 Å². The first kappa shape index (κ1) is 23.5. The summed E-state index contributed by atoms with van der Waals surface area (Å²) in [6.07, 6.45) is 0. The van der Waals surface area contributed by atoms with Crippen LogP contribution in [0.5, 0.6) is 0 Å². The minimum atomic E-state index is -3.91. The van der Waals surface area contributed by atoms with Crippen LogP contribution >= 0.6 is 0 Å². The van der Waals surface area contributed by atoms with Gasteiger partial charge in [0.25, 0.3) is 5.91 Å². The molecule has 1 amide bonds. The maximum absolute atomic E-state index is 12.3. The van der Waals surface area contributed by atoms with Crippen LogP contribution in [0.1, 0.15) is 36.7 Å². The summed E-state index contributed by atoms with van der Waals surface area (Å²) in [5, 5.41) is 11.1. The molecule has 0 radical (unpaired) electrons. The third-order valence-electron chi connectivity index (χ3n) is 3.70. The quantitative estimate of drug-likeness (QED) is 0.329. The lowest BCUT2D eigenvalue weighted by Crippen LogP contribution is -2.34. The lowest BCUT2D eigenvalue weighted by molar-refractivity contribution is -0.253. The molecule has 0 saturated carbocycles. The van der Waals surface area contributed by atoms with Crippen molar-refractivity contribution in [1.29, 1.82) is 0 Å². The normalized spacial score (nSPS) is 11.7. The lowest BCUT2D eigenvalue weighted by Gasteiger charge is -2.19. The van der Waals surface area contributed by atoms with E-state index >= 15 is 0 Å². The molecule has 0 aliphatic heterocycles. The van der Waals surface area contributed by atoms with Gasteiger partial charge in [-0.1, -0.05) is 12.1 Å². The molecule has 0 saturated heterocycles. The SMILES string of the molecule is CC(C)(C)OC(=O)CNS(=O)(=O)c1ccc(NC(=O)c2ccc(COO)cc2)cc1. The van der Waals surface area contributed by atoms with Gasteiger partial charge < -0.3 is 10.1 Å². The Hall–Kier alpha value is -2.79. The molecule has 2 rings (SSSR count). The van der Waals surface area contributed by atoms with Crippen molar-refractivity contribution in [3.05, 3.63) is 59.7 Å². The third kappa shape index (κ3) is 7.23. The Balaban J connectivity index is 1.98. The molecule has 0 unspecified atom stereocenters. The zero-order valence-corrected chi connectivity index (χ0v) is 17.7. The molecule has 0 atom stereocenters. The van der Waals surface area contributed by atoms with Gasteiger partial charge in [0.15, 0.2) is 0 Å². The minimum Gasteiger partial charge on any atom is -0.459 e. The fraction of sp³-hybridized carbons (Fsp3) is 0.300. The van der Waals surface area contributed by atoms with Crippen molar-refractivity contribution in [2.45, 2.75) is 37.9 Å². The van der Waals surface area contributed by atoms with E-state index < -0.39 is 28.1 Å². The van der Waals surface area contributed by atoms with E-state index in [9.17, 15) is 18.0 Å². The summed E-state index contributed by atoms with van der Waals surface area (Å²) in [6.45, 7) is 4.58. The van der Waals surface area contributed by atoms with Crippen LogP contribution in [0, 0.1) is 0 Å². The average Bonchev–Trinajstić information content (AvgIpc) is 2.66. The summed E-state index contributed by atoms with van der Waals surface area (Å²) < 4.78 is 31.9. The van der Waals surface area contributed by atoms with Crippen molar-refractivity contribution in [1.82, 2.24) is 4.72 Å². The van der Waals surface area contributed by atoms with E-state index in [1.165, 1.54) is 24.3 Å². The van der Waals surface area contributed by atoms with Crippen LogP contribution in [0.3, 0.4) is 0 Å². The molecule has 9 nitrogen and oxygen atoms in total. The molecule has 0 bridgehead atoms. The summed E-state index contributed by atoms with van der Waals surface area (Å²) >= 11 is 0. The van der Waals surface area contributed by atoms with E-state index in [0.29, 0.717) is 16.8 Å². The Morgan fingerprint density at radius 1 is 1.00 bits per heavy atom. The smallest absolute Gasteiger partial charge is 0.321 e. The Morgan fingerprint density at radius 2 is 1.60 bits per heavy atom. The first-order valence-electron chi connectivity index (χ1n) is 8.98. The molecule has 2 aromatic carbocycles. The van der Waals surface area contributed by atoms with Crippen molar-refractivity contribution in [2.75, 3.05) is 11.9 Å². The Kier molecular flexibility index (Phi) is 7.68. The summed E-state index contributed by atoms with van der Waals surface area (Å²) in [6, 6.07) is 11.9. The second kappa shape index (κ2) is 9.81. The van der Waals surface area contributed by atoms with E-state index in [0.717, 1.165) is 0 Å². The Bertz CT molecular complexity index is 979. The molecule has 0 fully saturated rings. The summed E-state index contributed by atoms with van der Waals surface area (Å²) in [7, 11) is -3.91. The first-order valence-corrected chi connectivity index (χ1v) is 10.5. The number of benzene rings is 2. The topological polar surface area (TPSA) is 131 Å². The number of carbonyl (C=O) groups is 2. The highest BCUT2D eigenvalue weighted by molar-refractivity contribution is 7.89. The Morgan fingerprint density at radius 3 is 2.13 bits per heavy atom. The number of esters is 1. The minimum absolute atomic E-state index is 0.0137. The third-order valence-corrected chi connectivity index (χ3v) is 5.11. The molecule has 162 valence electrons. The molecule has 2 aromatic rings. The highest BCUT2D eigenvalue weighted by Gasteiger charge is 2.20. The number of nitrogens with one attached hydrogen (secondary N) is 2. The number of rotatable bonds is 8. The molecule has 0 heterocycles. The van der Waals surface area contributed by atoms with Gasteiger partial charge in [-0.05, 0) is 62.7 Å². The van der Waals surface area contributed by atoms with Crippen LogP contribution in [-0.2, 0) is 31.0 Å². The van der Waals surface area contributed by atoms with Crippen molar-refractivity contribution < 1.29 is 32.9 Å². The number of carbonyl (C=O) groups excluding carboxylic acids is 2. The molecule has 0 aliphatic carbocycles. The molecule has 0 aromatic heterocycles. The molecule has 3 N–H and O–H groups in total.